The van der Waals surface area contributed by atoms with E-state index in [4.69, 9.17) is 4.74 Å². The molecule has 0 saturated heterocycles. The van der Waals surface area contributed by atoms with Crippen LogP contribution >= 0.6 is 27.3 Å². The lowest BCUT2D eigenvalue weighted by Crippen LogP contribution is -2.05. The molecule has 1 aliphatic rings. The zero-order chi connectivity index (χ0) is 14.1. The second kappa shape index (κ2) is 5.34. The van der Waals surface area contributed by atoms with Crippen molar-refractivity contribution >= 4 is 45.2 Å². The van der Waals surface area contributed by atoms with Gasteiger partial charge in [-0.1, -0.05) is 15.9 Å². The predicted octanol–water partition coefficient (Wildman–Crippen LogP) is 4.16. The van der Waals surface area contributed by atoms with Crippen molar-refractivity contribution in [2.75, 3.05) is 0 Å². The normalized spacial score (nSPS) is 16.4. The van der Waals surface area contributed by atoms with Crippen LogP contribution in [0.25, 0.3) is 6.08 Å². The van der Waals surface area contributed by atoms with Crippen molar-refractivity contribution in [2.45, 2.75) is 6.92 Å². The van der Waals surface area contributed by atoms with E-state index in [1.54, 1.807) is 17.4 Å². The first kappa shape index (κ1) is 13.3. The third-order valence-electron chi connectivity index (χ3n) is 2.88. The van der Waals surface area contributed by atoms with E-state index in [0.29, 0.717) is 11.6 Å². The number of halogens is 1. The molecule has 0 atom stereocenters. The highest BCUT2D eigenvalue weighted by atomic mass is 79.9. The maximum atomic E-state index is 11.9. The van der Waals surface area contributed by atoms with Gasteiger partial charge >= 0.3 is 5.97 Å². The van der Waals surface area contributed by atoms with Gasteiger partial charge in [0.1, 0.15) is 0 Å². The molecule has 0 bridgehead atoms. The number of aryl methyl sites for hydroxylation is 1. The first-order valence-electron chi connectivity index (χ1n) is 5.96. The van der Waals surface area contributed by atoms with E-state index in [1.807, 2.05) is 42.6 Å². The first-order chi connectivity index (χ1) is 9.63. The second-order valence-corrected chi connectivity index (χ2v) is 6.17. The van der Waals surface area contributed by atoms with Gasteiger partial charge in [0.15, 0.2) is 5.70 Å². The Hall–Kier alpha value is -1.72. The number of esters is 1. The van der Waals surface area contributed by atoms with Crippen LogP contribution in [-0.2, 0) is 9.53 Å². The van der Waals surface area contributed by atoms with Crippen molar-refractivity contribution < 1.29 is 9.53 Å². The van der Waals surface area contributed by atoms with Crippen molar-refractivity contribution in [3.8, 4) is 0 Å². The van der Waals surface area contributed by atoms with Crippen LogP contribution in [0.2, 0.25) is 0 Å². The van der Waals surface area contributed by atoms with Crippen LogP contribution in [0.3, 0.4) is 0 Å². The summed E-state index contributed by atoms with van der Waals surface area (Å²) in [5.41, 5.74) is 2.25. The third kappa shape index (κ3) is 2.59. The molecule has 20 heavy (non-hydrogen) atoms. The van der Waals surface area contributed by atoms with Crippen LogP contribution in [0.4, 0.5) is 0 Å². The Morgan fingerprint density at radius 2 is 2.00 bits per heavy atom. The van der Waals surface area contributed by atoms with Gasteiger partial charge in [0.05, 0.1) is 0 Å². The van der Waals surface area contributed by atoms with Crippen LogP contribution < -0.4 is 0 Å². The molecule has 0 spiro atoms. The van der Waals surface area contributed by atoms with Gasteiger partial charge in [-0.05, 0) is 54.3 Å². The molecule has 0 fully saturated rings. The monoisotopic (exact) mass is 347 g/mol. The smallest absolute Gasteiger partial charge is 0.363 e. The minimum Gasteiger partial charge on any atom is -0.402 e. The number of ether oxygens (including phenoxy) is 1. The largest absolute Gasteiger partial charge is 0.402 e. The highest BCUT2D eigenvalue weighted by Gasteiger charge is 2.24. The van der Waals surface area contributed by atoms with E-state index >= 15 is 0 Å². The summed E-state index contributed by atoms with van der Waals surface area (Å²) < 4.78 is 6.19. The molecule has 100 valence electrons. The fraction of sp³-hybridized carbons (Fsp3) is 0.0667. The van der Waals surface area contributed by atoms with E-state index in [9.17, 15) is 4.79 Å². The number of carbonyl (C=O) groups excluding carboxylic acids is 1. The highest BCUT2D eigenvalue weighted by Crippen LogP contribution is 2.24. The lowest BCUT2D eigenvalue weighted by atomic mass is 10.2. The molecule has 0 saturated carbocycles. The average Bonchev–Trinajstić information content (AvgIpc) is 2.99. The molecular weight excluding hydrogens is 338 g/mol. The Bertz CT molecular complexity index is 729. The molecule has 0 radical (unpaired) electrons. The van der Waals surface area contributed by atoms with Crippen LogP contribution in [0, 0.1) is 6.92 Å². The van der Waals surface area contributed by atoms with E-state index in [2.05, 4.69) is 20.9 Å². The summed E-state index contributed by atoms with van der Waals surface area (Å²) in [4.78, 5) is 17.2. The SMILES string of the molecule is Cc1ccsc1/C=C1\N=C(c2ccc(Br)cc2)OC1=O. The van der Waals surface area contributed by atoms with Gasteiger partial charge in [-0.15, -0.1) is 11.3 Å². The molecule has 0 unspecified atom stereocenters. The third-order valence-corrected chi connectivity index (χ3v) is 4.38. The predicted molar refractivity (Wildman–Crippen MR) is 83.8 cm³/mol. The Morgan fingerprint density at radius 3 is 2.65 bits per heavy atom. The maximum absolute atomic E-state index is 11.9. The van der Waals surface area contributed by atoms with Crippen molar-refractivity contribution in [3.05, 3.63) is 61.9 Å². The molecule has 1 aliphatic heterocycles. The number of aliphatic imine (C=N–C) groups is 1. The van der Waals surface area contributed by atoms with E-state index in [0.717, 1.165) is 20.5 Å². The zero-order valence-corrected chi connectivity index (χ0v) is 13.0. The summed E-state index contributed by atoms with van der Waals surface area (Å²) in [5.74, 6) is -0.0568. The standard InChI is InChI=1S/C15H10BrNO2S/c1-9-6-7-20-13(9)8-12-15(18)19-14(17-12)10-2-4-11(16)5-3-10/h2-8H,1H3/b12-8-. The average molecular weight is 348 g/mol. The maximum Gasteiger partial charge on any atom is 0.363 e. The molecule has 0 N–H and O–H groups in total. The zero-order valence-electron chi connectivity index (χ0n) is 10.6. The molecule has 5 heteroatoms. The van der Waals surface area contributed by atoms with E-state index in [1.165, 1.54) is 0 Å². The quantitative estimate of drug-likeness (QED) is 0.604. The minimum absolute atomic E-state index is 0.341. The number of hydrogen-bond donors (Lipinski definition) is 0. The molecule has 0 aliphatic carbocycles. The molecule has 3 rings (SSSR count). The fourth-order valence-electron chi connectivity index (χ4n) is 1.78. The number of rotatable bonds is 2. The Labute approximate surface area is 128 Å². The number of cyclic esters (lactones) is 1. The van der Waals surface area contributed by atoms with Gasteiger partial charge < -0.3 is 4.74 Å². The molecular formula is C15H10BrNO2S. The number of nitrogens with zero attached hydrogens (tertiary/aromatic N) is 1. The summed E-state index contributed by atoms with van der Waals surface area (Å²) in [6.07, 6.45) is 1.77. The molecule has 1 aromatic heterocycles. The Morgan fingerprint density at radius 1 is 1.25 bits per heavy atom. The van der Waals surface area contributed by atoms with Gasteiger partial charge in [-0.3, -0.25) is 0 Å². The van der Waals surface area contributed by atoms with Gasteiger partial charge in [0, 0.05) is 14.9 Å². The Balaban J connectivity index is 1.95. The number of benzene rings is 1. The number of hydrogen-bond acceptors (Lipinski definition) is 4. The van der Waals surface area contributed by atoms with Crippen molar-refractivity contribution in [2.24, 2.45) is 4.99 Å². The van der Waals surface area contributed by atoms with Crippen molar-refractivity contribution in [3.63, 3.8) is 0 Å². The Kier molecular flexibility index (Phi) is 3.54. The van der Waals surface area contributed by atoms with Crippen molar-refractivity contribution in [1.29, 1.82) is 0 Å². The highest BCUT2D eigenvalue weighted by molar-refractivity contribution is 9.10. The molecule has 1 aromatic carbocycles. The number of thiophene rings is 1. The second-order valence-electron chi connectivity index (χ2n) is 4.31. The summed E-state index contributed by atoms with van der Waals surface area (Å²) in [5, 5.41) is 1.99. The molecule has 2 aromatic rings. The van der Waals surface area contributed by atoms with Crippen LogP contribution in [0.5, 0.6) is 0 Å². The van der Waals surface area contributed by atoms with Gasteiger partial charge in [0.25, 0.3) is 0 Å². The fourth-order valence-corrected chi connectivity index (χ4v) is 2.90. The molecule has 2 heterocycles. The lowest BCUT2D eigenvalue weighted by molar-refractivity contribution is -0.129. The lowest BCUT2D eigenvalue weighted by Gasteiger charge is -1.98. The van der Waals surface area contributed by atoms with Gasteiger partial charge in [-0.25, -0.2) is 9.79 Å². The summed E-state index contributed by atoms with van der Waals surface area (Å²) in [6.45, 7) is 2.00. The van der Waals surface area contributed by atoms with Crippen LogP contribution in [0.1, 0.15) is 16.0 Å². The minimum atomic E-state index is -0.407. The van der Waals surface area contributed by atoms with Crippen LogP contribution in [0.15, 0.2) is 50.9 Å². The van der Waals surface area contributed by atoms with Gasteiger partial charge in [0.2, 0.25) is 5.90 Å². The number of carbonyl (C=O) groups is 1. The van der Waals surface area contributed by atoms with Crippen LogP contribution in [-0.4, -0.2) is 11.9 Å². The van der Waals surface area contributed by atoms with Crippen molar-refractivity contribution in [1.82, 2.24) is 0 Å². The topological polar surface area (TPSA) is 38.7 Å². The van der Waals surface area contributed by atoms with E-state index in [-0.39, 0.29) is 0 Å². The molecule has 3 nitrogen and oxygen atoms in total. The molecule has 0 amide bonds. The van der Waals surface area contributed by atoms with E-state index < -0.39 is 5.97 Å². The first-order valence-corrected chi connectivity index (χ1v) is 7.63. The summed E-state index contributed by atoms with van der Waals surface area (Å²) >= 11 is 4.95. The summed E-state index contributed by atoms with van der Waals surface area (Å²) in [7, 11) is 0. The van der Waals surface area contributed by atoms with Gasteiger partial charge in [-0.2, -0.15) is 0 Å². The summed E-state index contributed by atoms with van der Waals surface area (Å²) in [6, 6.07) is 9.50.